The van der Waals surface area contributed by atoms with Crippen LogP contribution in [0.4, 0.5) is 5.69 Å². The number of hydrogen-bond donors (Lipinski definition) is 2. The molecular formula is C16H26N2O. The summed E-state index contributed by atoms with van der Waals surface area (Å²) < 4.78 is 0. The van der Waals surface area contributed by atoms with Crippen LogP contribution >= 0.6 is 0 Å². The Morgan fingerprint density at radius 2 is 2.00 bits per heavy atom. The lowest BCUT2D eigenvalue weighted by Crippen LogP contribution is -2.39. The van der Waals surface area contributed by atoms with Crippen LogP contribution in [0.1, 0.15) is 44.8 Å². The molecule has 0 radical (unpaired) electrons. The maximum atomic E-state index is 9.80. The van der Waals surface area contributed by atoms with E-state index in [-0.39, 0.29) is 0 Å². The summed E-state index contributed by atoms with van der Waals surface area (Å²) in [5, 5.41) is 13.4. The van der Waals surface area contributed by atoms with Crippen molar-refractivity contribution in [2.45, 2.75) is 45.3 Å². The van der Waals surface area contributed by atoms with Crippen molar-refractivity contribution in [2.75, 3.05) is 25.0 Å². The minimum atomic E-state index is -0.413. The standard InChI is InChI=1S/C16H26N2O/c1-3-10-18-11-8-14(9-12-18)17-16-7-5-4-6-15(16)13(2)19/h4-7,13-14,17,19H,3,8-12H2,1-2H3. The first kappa shape index (κ1) is 14.4. The predicted octanol–water partition coefficient (Wildman–Crippen LogP) is 3.03. The lowest BCUT2D eigenvalue weighted by atomic mass is 10.0. The smallest absolute Gasteiger partial charge is 0.0781 e. The number of piperidine rings is 1. The van der Waals surface area contributed by atoms with E-state index in [4.69, 9.17) is 0 Å². The normalized spacial score (nSPS) is 19.3. The predicted molar refractivity (Wildman–Crippen MR) is 80.5 cm³/mol. The highest BCUT2D eigenvalue weighted by molar-refractivity contribution is 5.52. The number of nitrogens with zero attached hydrogens (tertiary/aromatic N) is 1. The van der Waals surface area contributed by atoms with E-state index in [1.54, 1.807) is 0 Å². The number of para-hydroxylation sites is 1. The van der Waals surface area contributed by atoms with E-state index >= 15 is 0 Å². The van der Waals surface area contributed by atoms with Gasteiger partial charge in [0.05, 0.1) is 6.10 Å². The Morgan fingerprint density at radius 3 is 2.63 bits per heavy atom. The Bertz CT molecular complexity index is 384. The Kier molecular flexibility index (Phi) is 5.23. The molecule has 1 fully saturated rings. The molecule has 2 N–H and O–H groups in total. The summed E-state index contributed by atoms with van der Waals surface area (Å²) in [6.45, 7) is 7.65. The summed E-state index contributed by atoms with van der Waals surface area (Å²) >= 11 is 0. The first-order chi connectivity index (χ1) is 9.20. The largest absolute Gasteiger partial charge is 0.389 e. The van der Waals surface area contributed by atoms with E-state index in [1.165, 1.54) is 38.9 Å². The molecule has 1 aromatic carbocycles. The summed E-state index contributed by atoms with van der Waals surface area (Å²) in [4.78, 5) is 2.54. The van der Waals surface area contributed by atoms with Crippen molar-refractivity contribution in [3.8, 4) is 0 Å². The van der Waals surface area contributed by atoms with Crippen LogP contribution in [0.3, 0.4) is 0 Å². The highest BCUT2D eigenvalue weighted by atomic mass is 16.3. The number of benzene rings is 1. The van der Waals surface area contributed by atoms with Crippen molar-refractivity contribution >= 4 is 5.69 Å². The van der Waals surface area contributed by atoms with Crippen LogP contribution in [0.25, 0.3) is 0 Å². The van der Waals surface area contributed by atoms with Gasteiger partial charge in [0, 0.05) is 30.4 Å². The molecule has 1 saturated heterocycles. The van der Waals surface area contributed by atoms with Crippen LogP contribution in [0, 0.1) is 0 Å². The summed E-state index contributed by atoms with van der Waals surface area (Å²) in [5.74, 6) is 0. The number of rotatable bonds is 5. The number of aliphatic hydroxyl groups is 1. The van der Waals surface area contributed by atoms with Gasteiger partial charge in [0.25, 0.3) is 0 Å². The molecule has 0 saturated carbocycles. The zero-order chi connectivity index (χ0) is 13.7. The van der Waals surface area contributed by atoms with Gasteiger partial charge in [-0.1, -0.05) is 25.1 Å². The van der Waals surface area contributed by atoms with Crippen molar-refractivity contribution in [1.29, 1.82) is 0 Å². The van der Waals surface area contributed by atoms with Gasteiger partial charge in [0.1, 0.15) is 0 Å². The van der Waals surface area contributed by atoms with Crippen molar-refractivity contribution in [3.05, 3.63) is 29.8 Å². The van der Waals surface area contributed by atoms with Crippen LogP contribution in [0.2, 0.25) is 0 Å². The quantitative estimate of drug-likeness (QED) is 0.856. The highest BCUT2D eigenvalue weighted by Crippen LogP contribution is 2.25. The summed E-state index contributed by atoms with van der Waals surface area (Å²) in [5.41, 5.74) is 2.09. The van der Waals surface area contributed by atoms with E-state index < -0.39 is 6.10 Å². The zero-order valence-electron chi connectivity index (χ0n) is 12.1. The number of likely N-dealkylation sites (tertiary alicyclic amines) is 1. The van der Waals surface area contributed by atoms with Gasteiger partial charge in [-0.2, -0.15) is 0 Å². The second kappa shape index (κ2) is 6.92. The van der Waals surface area contributed by atoms with E-state index in [2.05, 4.69) is 23.2 Å². The van der Waals surface area contributed by atoms with Crippen molar-refractivity contribution in [1.82, 2.24) is 4.90 Å². The molecule has 1 aliphatic rings. The lowest BCUT2D eigenvalue weighted by molar-refractivity contribution is 0.199. The van der Waals surface area contributed by atoms with Crippen LogP contribution in [-0.4, -0.2) is 35.7 Å². The van der Waals surface area contributed by atoms with E-state index in [0.717, 1.165) is 11.3 Å². The first-order valence-electron chi connectivity index (χ1n) is 7.46. The molecule has 1 aromatic rings. The number of nitrogens with one attached hydrogen (secondary N) is 1. The van der Waals surface area contributed by atoms with Gasteiger partial charge in [0.2, 0.25) is 0 Å². The summed E-state index contributed by atoms with van der Waals surface area (Å²) in [6.07, 6.45) is 3.20. The second-order valence-corrected chi connectivity index (χ2v) is 5.52. The van der Waals surface area contributed by atoms with Gasteiger partial charge >= 0.3 is 0 Å². The fraction of sp³-hybridized carbons (Fsp3) is 0.625. The van der Waals surface area contributed by atoms with Gasteiger partial charge in [0.15, 0.2) is 0 Å². The molecule has 0 bridgehead atoms. The summed E-state index contributed by atoms with van der Waals surface area (Å²) in [7, 11) is 0. The van der Waals surface area contributed by atoms with Crippen LogP contribution in [-0.2, 0) is 0 Å². The lowest BCUT2D eigenvalue weighted by Gasteiger charge is -2.33. The first-order valence-corrected chi connectivity index (χ1v) is 7.46. The molecule has 106 valence electrons. The monoisotopic (exact) mass is 262 g/mol. The molecule has 0 amide bonds. The molecule has 0 aliphatic carbocycles. The topological polar surface area (TPSA) is 35.5 Å². The van der Waals surface area contributed by atoms with Gasteiger partial charge in [-0.15, -0.1) is 0 Å². The van der Waals surface area contributed by atoms with Gasteiger partial charge in [-0.3, -0.25) is 0 Å². The van der Waals surface area contributed by atoms with Crippen molar-refractivity contribution < 1.29 is 5.11 Å². The van der Waals surface area contributed by atoms with Crippen molar-refractivity contribution in [2.24, 2.45) is 0 Å². The summed E-state index contributed by atoms with van der Waals surface area (Å²) in [6, 6.07) is 8.62. The minimum Gasteiger partial charge on any atom is -0.389 e. The average molecular weight is 262 g/mol. The Morgan fingerprint density at radius 1 is 1.32 bits per heavy atom. The third-order valence-electron chi connectivity index (χ3n) is 3.90. The molecule has 0 aromatic heterocycles. The fourth-order valence-corrected chi connectivity index (χ4v) is 2.83. The Hall–Kier alpha value is -1.06. The van der Waals surface area contributed by atoms with Crippen LogP contribution in [0.15, 0.2) is 24.3 Å². The molecule has 0 spiro atoms. The van der Waals surface area contributed by atoms with Gasteiger partial charge in [-0.05, 0) is 38.8 Å². The molecule has 3 nitrogen and oxygen atoms in total. The maximum absolute atomic E-state index is 9.80. The fourth-order valence-electron chi connectivity index (χ4n) is 2.83. The molecule has 3 heteroatoms. The van der Waals surface area contributed by atoms with Crippen molar-refractivity contribution in [3.63, 3.8) is 0 Å². The molecule has 1 heterocycles. The van der Waals surface area contributed by atoms with Crippen LogP contribution in [0.5, 0.6) is 0 Å². The zero-order valence-corrected chi connectivity index (χ0v) is 12.1. The number of aliphatic hydroxyl groups excluding tert-OH is 1. The molecule has 1 unspecified atom stereocenters. The average Bonchev–Trinajstić information content (AvgIpc) is 2.42. The second-order valence-electron chi connectivity index (χ2n) is 5.52. The molecule has 19 heavy (non-hydrogen) atoms. The van der Waals surface area contributed by atoms with E-state index in [1.807, 2.05) is 25.1 Å². The Balaban J connectivity index is 1.92. The number of hydrogen-bond acceptors (Lipinski definition) is 3. The third-order valence-corrected chi connectivity index (χ3v) is 3.90. The number of anilines is 1. The third kappa shape index (κ3) is 3.95. The SMILES string of the molecule is CCCN1CCC(Nc2ccccc2C(C)O)CC1. The molecule has 2 rings (SSSR count). The van der Waals surface area contributed by atoms with Gasteiger partial charge < -0.3 is 15.3 Å². The van der Waals surface area contributed by atoms with E-state index in [9.17, 15) is 5.11 Å². The van der Waals surface area contributed by atoms with E-state index in [0.29, 0.717) is 6.04 Å². The minimum absolute atomic E-state index is 0.413. The Labute approximate surface area is 116 Å². The van der Waals surface area contributed by atoms with Crippen LogP contribution < -0.4 is 5.32 Å². The molecule has 1 aliphatic heterocycles. The highest BCUT2D eigenvalue weighted by Gasteiger charge is 2.19. The molecular weight excluding hydrogens is 236 g/mol. The molecule has 1 atom stereocenters. The van der Waals surface area contributed by atoms with Gasteiger partial charge in [-0.25, -0.2) is 0 Å². The maximum Gasteiger partial charge on any atom is 0.0781 e.